The summed E-state index contributed by atoms with van der Waals surface area (Å²) in [5, 5.41) is 6.84. The first-order valence-electron chi connectivity index (χ1n) is 10.5. The Morgan fingerprint density at radius 3 is 2.58 bits per heavy atom. The van der Waals surface area contributed by atoms with Crippen molar-refractivity contribution < 1.29 is 4.79 Å². The summed E-state index contributed by atoms with van der Waals surface area (Å²) < 4.78 is 0. The SMILES string of the molecule is CCNC(=NCC1(CC)CCC1)NCCCN1CCCC1C(=O)N(C)C. The highest BCUT2D eigenvalue weighted by atomic mass is 16.2. The first-order valence-corrected chi connectivity index (χ1v) is 10.5. The Bertz CT molecular complexity index is 467. The molecule has 2 fully saturated rings. The quantitative estimate of drug-likeness (QED) is 0.373. The molecule has 6 nitrogen and oxygen atoms in total. The van der Waals surface area contributed by atoms with E-state index in [4.69, 9.17) is 4.99 Å². The van der Waals surface area contributed by atoms with Crippen LogP contribution in [0.1, 0.15) is 58.8 Å². The van der Waals surface area contributed by atoms with Crippen LogP contribution in [-0.2, 0) is 4.79 Å². The molecule has 1 aliphatic heterocycles. The van der Waals surface area contributed by atoms with Crippen LogP contribution in [0, 0.1) is 5.41 Å². The van der Waals surface area contributed by atoms with E-state index in [1.165, 1.54) is 25.7 Å². The summed E-state index contributed by atoms with van der Waals surface area (Å²) in [6.45, 7) is 9.12. The highest BCUT2D eigenvalue weighted by Gasteiger charge is 2.35. The van der Waals surface area contributed by atoms with Crippen LogP contribution in [0.25, 0.3) is 0 Å². The molecular formula is C20H39N5O. The molecule has 1 aliphatic carbocycles. The van der Waals surface area contributed by atoms with E-state index in [0.29, 0.717) is 5.41 Å². The number of hydrogen-bond acceptors (Lipinski definition) is 3. The average molecular weight is 366 g/mol. The van der Waals surface area contributed by atoms with Gasteiger partial charge in [0.05, 0.1) is 6.04 Å². The number of aliphatic imine (C=N–C) groups is 1. The number of carbonyl (C=O) groups is 1. The Morgan fingerprint density at radius 2 is 2.00 bits per heavy atom. The zero-order chi connectivity index (χ0) is 19.0. The smallest absolute Gasteiger partial charge is 0.239 e. The van der Waals surface area contributed by atoms with Crippen molar-refractivity contribution in [2.24, 2.45) is 10.4 Å². The topological polar surface area (TPSA) is 60.0 Å². The van der Waals surface area contributed by atoms with E-state index in [0.717, 1.165) is 57.9 Å². The van der Waals surface area contributed by atoms with Gasteiger partial charge in [-0.15, -0.1) is 0 Å². The lowest BCUT2D eigenvalue weighted by Gasteiger charge is -2.40. The molecule has 0 bridgehead atoms. The minimum atomic E-state index is 0.0786. The number of nitrogens with zero attached hydrogens (tertiary/aromatic N) is 3. The van der Waals surface area contributed by atoms with E-state index in [1.807, 2.05) is 14.1 Å². The molecule has 1 saturated heterocycles. The molecule has 0 aromatic heterocycles. The molecule has 6 heteroatoms. The second kappa shape index (κ2) is 10.1. The Morgan fingerprint density at radius 1 is 1.23 bits per heavy atom. The largest absolute Gasteiger partial charge is 0.357 e. The van der Waals surface area contributed by atoms with Crippen molar-refractivity contribution in [1.29, 1.82) is 0 Å². The van der Waals surface area contributed by atoms with E-state index in [1.54, 1.807) is 4.90 Å². The first kappa shape index (κ1) is 21.0. The van der Waals surface area contributed by atoms with E-state index >= 15 is 0 Å². The predicted molar refractivity (Wildman–Crippen MR) is 108 cm³/mol. The molecular weight excluding hydrogens is 326 g/mol. The zero-order valence-electron chi connectivity index (χ0n) is 17.3. The van der Waals surface area contributed by atoms with Crippen molar-refractivity contribution >= 4 is 11.9 Å². The second-order valence-corrected chi connectivity index (χ2v) is 8.11. The van der Waals surface area contributed by atoms with Crippen LogP contribution in [0.5, 0.6) is 0 Å². The molecule has 0 aromatic carbocycles. The van der Waals surface area contributed by atoms with Gasteiger partial charge in [-0.1, -0.05) is 13.3 Å². The van der Waals surface area contributed by atoms with E-state index < -0.39 is 0 Å². The highest BCUT2D eigenvalue weighted by Crippen LogP contribution is 2.43. The van der Waals surface area contributed by atoms with Gasteiger partial charge in [-0.2, -0.15) is 0 Å². The molecule has 150 valence electrons. The van der Waals surface area contributed by atoms with Gasteiger partial charge in [0, 0.05) is 40.3 Å². The summed E-state index contributed by atoms with van der Waals surface area (Å²) in [6.07, 6.45) is 8.38. The van der Waals surface area contributed by atoms with Gasteiger partial charge in [-0.3, -0.25) is 14.7 Å². The molecule has 2 aliphatic rings. The maximum atomic E-state index is 12.3. The standard InChI is InChI=1S/C20H39N5O/c1-5-20(11-8-12-20)16-23-19(21-6-2)22-13-9-15-25-14-7-10-17(25)18(26)24(3)4/h17H,5-16H2,1-4H3,(H2,21,22,23). The summed E-state index contributed by atoms with van der Waals surface area (Å²) in [5.74, 6) is 1.19. The zero-order valence-corrected chi connectivity index (χ0v) is 17.3. The third-order valence-corrected chi connectivity index (χ3v) is 6.09. The molecule has 1 unspecified atom stereocenters. The Balaban J connectivity index is 1.74. The molecule has 1 atom stereocenters. The summed E-state index contributed by atoms with van der Waals surface area (Å²) in [5.41, 5.74) is 0.456. The summed E-state index contributed by atoms with van der Waals surface area (Å²) in [4.78, 5) is 21.2. The average Bonchev–Trinajstić information content (AvgIpc) is 3.05. The van der Waals surface area contributed by atoms with Crippen LogP contribution < -0.4 is 10.6 Å². The summed E-state index contributed by atoms with van der Waals surface area (Å²) in [6, 6.07) is 0.0786. The number of hydrogen-bond donors (Lipinski definition) is 2. The van der Waals surface area contributed by atoms with Gasteiger partial charge in [0.2, 0.25) is 5.91 Å². The fraction of sp³-hybridized carbons (Fsp3) is 0.900. The van der Waals surface area contributed by atoms with Crippen LogP contribution in [0.15, 0.2) is 4.99 Å². The van der Waals surface area contributed by atoms with Gasteiger partial charge in [0.25, 0.3) is 0 Å². The summed E-state index contributed by atoms with van der Waals surface area (Å²) >= 11 is 0. The lowest BCUT2D eigenvalue weighted by Crippen LogP contribution is -2.44. The Kier molecular flexibility index (Phi) is 8.19. The fourth-order valence-electron chi connectivity index (χ4n) is 4.05. The molecule has 0 aromatic rings. The molecule has 0 spiro atoms. The number of amides is 1. The van der Waals surface area contributed by atoms with Crippen molar-refractivity contribution in [2.75, 3.05) is 46.8 Å². The van der Waals surface area contributed by atoms with Gasteiger partial charge in [-0.25, -0.2) is 0 Å². The van der Waals surface area contributed by atoms with Crippen LogP contribution in [0.3, 0.4) is 0 Å². The highest BCUT2D eigenvalue weighted by molar-refractivity contribution is 5.81. The number of nitrogens with one attached hydrogen (secondary N) is 2. The minimum absolute atomic E-state index is 0.0786. The molecule has 0 radical (unpaired) electrons. The van der Waals surface area contributed by atoms with E-state index in [2.05, 4.69) is 29.4 Å². The van der Waals surface area contributed by atoms with Gasteiger partial charge >= 0.3 is 0 Å². The normalized spacial score (nSPS) is 22.8. The number of carbonyl (C=O) groups excluding carboxylic acids is 1. The van der Waals surface area contributed by atoms with Gasteiger partial charge < -0.3 is 15.5 Å². The molecule has 1 amide bonds. The number of rotatable bonds is 9. The van der Waals surface area contributed by atoms with E-state index in [-0.39, 0.29) is 11.9 Å². The minimum Gasteiger partial charge on any atom is -0.357 e. The van der Waals surface area contributed by atoms with Crippen molar-refractivity contribution in [2.45, 2.75) is 64.8 Å². The Labute approximate surface area is 159 Å². The van der Waals surface area contributed by atoms with Crippen LogP contribution in [0.4, 0.5) is 0 Å². The van der Waals surface area contributed by atoms with Crippen LogP contribution in [-0.4, -0.2) is 74.5 Å². The molecule has 2 N–H and O–H groups in total. The van der Waals surface area contributed by atoms with Crippen LogP contribution >= 0.6 is 0 Å². The number of likely N-dealkylation sites (N-methyl/N-ethyl adjacent to an activating group) is 1. The third kappa shape index (κ3) is 5.60. The van der Waals surface area contributed by atoms with Gasteiger partial charge in [0.15, 0.2) is 5.96 Å². The molecule has 2 rings (SSSR count). The lowest BCUT2D eigenvalue weighted by molar-refractivity contribution is -0.133. The van der Waals surface area contributed by atoms with Gasteiger partial charge in [0.1, 0.15) is 0 Å². The van der Waals surface area contributed by atoms with Crippen molar-refractivity contribution in [1.82, 2.24) is 20.4 Å². The first-order chi connectivity index (χ1) is 12.5. The number of likely N-dealkylation sites (tertiary alicyclic amines) is 1. The van der Waals surface area contributed by atoms with Gasteiger partial charge in [-0.05, 0) is 57.4 Å². The van der Waals surface area contributed by atoms with Crippen LogP contribution in [0.2, 0.25) is 0 Å². The Hall–Kier alpha value is -1.30. The van der Waals surface area contributed by atoms with Crippen molar-refractivity contribution in [3.8, 4) is 0 Å². The second-order valence-electron chi connectivity index (χ2n) is 8.11. The van der Waals surface area contributed by atoms with Crippen molar-refractivity contribution in [3.63, 3.8) is 0 Å². The molecule has 1 saturated carbocycles. The maximum absolute atomic E-state index is 12.3. The summed E-state index contributed by atoms with van der Waals surface area (Å²) in [7, 11) is 3.70. The lowest BCUT2D eigenvalue weighted by atomic mass is 9.67. The molecule has 26 heavy (non-hydrogen) atoms. The number of guanidine groups is 1. The predicted octanol–water partition coefficient (Wildman–Crippen LogP) is 2.06. The maximum Gasteiger partial charge on any atom is 0.239 e. The van der Waals surface area contributed by atoms with Crippen molar-refractivity contribution in [3.05, 3.63) is 0 Å². The monoisotopic (exact) mass is 365 g/mol. The van der Waals surface area contributed by atoms with E-state index in [9.17, 15) is 4.79 Å². The third-order valence-electron chi connectivity index (χ3n) is 6.09. The molecule has 1 heterocycles. The fourth-order valence-corrected chi connectivity index (χ4v) is 4.05.